The van der Waals surface area contributed by atoms with Gasteiger partial charge in [-0.05, 0) is 30.7 Å². The highest BCUT2D eigenvalue weighted by Gasteiger charge is 2.14. The molecule has 3 aromatic rings. The fourth-order valence-corrected chi connectivity index (χ4v) is 3.55. The summed E-state index contributed by atoms with van der Waals surface area (Å²) in [6, 6.07) is 11.4. The van der Waals surface area contributed by atoms with Crippen LogP contribution in [0.3, 0.4) is 0 Å². The van der Waals surface area contributed by atoms with Crippen LogP contribution >= 0.6 is 0 Å². The first-order valence-electron chi connectivity index (χ1n) is 10.5. The summed E-state index contributed by atoms with van der Waals surface area (Å²) in [6.45, 7) is 5.02. The summed E-state index contributed by atoms with van der Waals surface area (Å²) in [5.74, 6) is 2.28. The van der Waals surface area contributed by atoms with Crippen molar-refractivity contribution in [2.45, 2.75) is 6.42 Å². The van der Waals surface area contributed by atoms with Crippen LogP contribution in [0.25, 0.3) is 10.9 Å². The molecule has 0 amide bonds. The van der Waals surface area contributed by atoms with E-state index in [0.29, 0.717) is 35.1 Å². The van der Waals surface area contributed by atoms with E-state index < -0.39 is 4.92 Å². The lowest BCUT2D eigenvalue weighted by Gasteiger charge is -2.26. The molecule has 2 aromatic carbocycles. The molecular formula is C23H25N3O6. The number of rotatable bonds is 9. The van der Waals surface area contributed by atoms with Crippen molar-refractivity contribution in [2.24, 2.45) is 0 Å². The molecule has 0 spiro atoms. The predicted molar refractivity (Wildman–Crippen MR) is 119 cm³/mol. The van der Waals surface area contributed by atoms with Crippen molar-refractivity contribution in [2.75, 3.05) is 46.6 Å². The van der Waals surface area contributed by atoms with Crippen LogP contribution in [0.2, 0.25) is 0 Å². The first kappa shape index (κ1) is 21.8. The number of benzene rings is 2. The quantitative estimate of drug-likeness (QED) is 0.280. The summed E-state index contributed by atoms with van der Waals surface area (Å²) in [7, 11) is 1.59. The zero-order valence-corrected chi connectivity index (χ0v) is 17.9. The third kappa shape index (κ3) is 5.24. The number of ether oxygens (including phenoxy) is 4. The molecule has 1 aliphatic heterocycles. The van der Waals surface area contributed by atoms with Crippen molar-refractivity contribution >= 4 is 16.6 Å². The number of non-ortho nitro benzene ring substituents is 1. The first-order valence-corrected chi connectivity index (χ1v) is 10.5. The third-order valence-electron chi connectivity index (χ3n) is 5.24. The third-order valence-corrected chi connectivity index (χ3v) is 5.24. The van der Waals surface area contributed by atoms with Crippen molar-refractivity contribution in [1.82, 2.24) is 9.88 Å². The molecule has 0 N–H and O–H groups in total. The molecule has 0 aliphatic carbocycles. The van der Waals surface area contributed by atoms with Crippen molar-refractivity contribution in [3.8, 4) is 23.0 Å². The number of nitro groups is 1. The Bertz CT molecular complexity index is 1070. The average Bonchev–Trinajstić information content (AvgIpc) is 2.82. The van der Waals surface area contributed by atoms with Gasteiger partial charge in [0.15, 0.2) is 11.5 Å². The number of hydrogen-bond donors (Lipinski definition) is 0. The van der Waals surface area contributed by atoms with Gasteiger partial charge in [0.25, 0.3) is 5.69 Å². The van der Waals surface area contributed by atoms with Crippen LogP contribution in [0, 0.1) is 10.1 Å². The molecule has 9 nitrogen and oxygen atoms in total. The van der Waals surface area contributed by atoms with Gasteiger partial charge >= 0.3 is 0 Å². The number of morpholine rings is 1. The smallest absolute Gasteiger partial charge is 0.269 e. The second-order valence-electron chi connectivity index (χ2n) is 7.34. The Kier molecular flexibility index (Phi) is 6.98. The van der Waals surface area contributed by atoms with Gasteiger partial charge in [0.1, 0.15) is 11.5 Å². The maximum Gasteiger partial charge on any atom is 0.269 e. The first-order chi connectivity index (χ1) is 15.6. The molecule has 1 aliphatic rings. The highest BCUT2D eigenvalue weighted by molar-refractivity contribution is 5.88. The Morgan fingerprint density at radius 2 is 1.88 bits per heavy atom. The van der Waals surface area contributed by atoms with E-state index >= 15 is 0 Å². The van der Waals surface area contributed by atoms with Crippen LogP contribution in [0.1, 0.15) is 6.42 Å². The standard InChI is InChI=1S/C23H25N3O6/c1-29-22-15-19-20(16-23(22)31-12-2-9-25-10-13-30-14-11-25)24-8-7-21(19)32-18-5-3-17(4-6-18)26(27)28/h3-8,15-16H,2,9-14H2,1H3. The van der Waals surface area contributed by atoms with Crippen molar-refractivity contribution in [1.29, 1.82) is 0 Å². The molecule has 1 saturated heterocycles. The number of nitro benzene ring substituents is 1. The Balaban J connectivity index is 1.47. The molecule has 4 rings (SSSR count). The zero-order chi connectivity index (χ0) is 22.3. The Morgan fingerprint density at radius 1 is 1.09 bits per heavy atom. The summed E-state index contributed by atoms with van der Waals surface area (Å²) >= 11 is 0. The predicted octanol–water partition coefficient (Wildman–Crippen LogP) is 4.05. The molecule has 168 valence electrons. The molecule has 9 heteroatoms. The minimum atomic E-state index is -0.445. The largest absolute Gasteiger partial charge is 0.493 e. The minimum Gasteiger partial charge on any atom is -0.493 e. The van der Waals surface area contributed by atoms with Gasteiger partial charge in [-0.15, -0.1) is 0 Å². The Hall–Kier alpha value is -3.43. The van der Waals surface area contributed by atoms with Crippen LogP contribution in [0.4, 0.5) is 5.69 Å². The molecule has 1 aromatic heterocycles. The summed E-state index contributed by atoms with van der Waals surface area (Å²) in [5, 5.41) is 11.6. The topological polar surface area (TPSA) is 96.2 Å². The monoisotopic (exact) mass is 439 g/mol. The molecular weight excluding hydrogens is 414 g/mol. The van der Waals surface area contributed by atoms with Crippen LogP contribution in [-0.2, 0) is 4.74 Å². The lowest BCUT2D eigenvalue weighted by atomic mass is 10.1. The Morgan fingerprint density at radius 3 is 2.59 bits per heavy atom. The molecule has 1 fully saturated rings. The number of nitrogens with zero attached hydrogens (tertiary/aromatic N) is 3. The number of pyridine rings is 1. The molecule has 0 atom stereocenters. The minimum absolute atomic E-state index is 0.00835. The van der Waals surface area contributed by atoms with Crippen molar-refractivity contribution in [3.63, 3.8) is 0 Å². The molecule has 0 radical (unpaired) electrons. The van der Waals surface area contributed by atoms with Gasteiger partial charge in [0.2, 0.25) is 0 Å². The number of fused-ring (bicyclic) bond motifs is 1. The zero-order valence-electron chi connectivity index (χ0n) is 17.9. The Labute approximate surface area is 185 Å². The van der Waals surface area contributed by atoms with Gasteiger partial charge in [-0.2, -0.15) is 0 Å². The van der Waals surface area contributed by atoms with Gasteiger partial charge in [0.05, 0.1) is 37.4 Å². The van der Waals surface area contributed by atoms with Gasteiger partial charge in [-0.1, -0.05) is 0 Å². The normalized spacial score (nSPS) is 14.3. The van der Waals surface area contributed by atoms with Crippen molar-refractivity contribution in [3.05, 3.63) is 58.8 Å². The van der Waals surface area contributed by atoms with Crippen LogP contribution in [0.15, 0.2) is 48.7 Å². The maximum atomic E-state index is 10.8. The fourth-order valence-electron chi connectivity index (χ4n) is 3.55. The number of hydrogen-bond acceptors (Lipinski definition) is 8. The van der Waals surface area contributed by atoms with Gasteiger partial charge < -0.3 is 18.9 Å². The van der Waals surface area contributed by atoms with Gasteiger partial charge in [-0.25, -0.2) is 0 Å². The summed E-state index contributed by atoms with van der Waals surface area (Å²) in [6.07, 6.45) is 2.55. The second-order valence-corrected chi connectivity index (χ2v) is 7.34. The molecule has 2 heterocycles. The maximum absolute atomic E-state index is 10.8. The summed E-state index contributed by atoms with van der Waals surface area (Å²) < 4.78 is 22.9. The highest BCUT2D eigenvalue weighted by Crippen LogP contribution is 2.37. The average molecular weight is 439 g/mol. The van der Waals surface area contributed by atoms with Crippen LogP contribution in [-0.4, -0.2) is 61.4 Å². The van der Waals surface area contributed by atoms with E-state index in [1.165, 1.54) is 12.1 Å². The lowest BCUT2D eigenvalue weighted by molar-refractivity contribution is -0.384. The second kappa shape index (κ2) is 10.3. The van der Waals surface area contributed by atoms with E-state index in [1.807, 2.05) is 12.1 Å². The van der Waals surface area contributed by atoms with Crippen LogP contribution < -0.4 is 14.2 Å². The van der Waals surface area contributed by atoms with E-state index in [9.17, 15) is 10.1 Å². The number of aromatic nitrogens is 1. The van der Waals surface area contributed by atoms with Crippen LogP contribution in [0.5, 0.6) is 23.0 Å². The van der Waals surface area contributed by atoms with E-state index in [-0.39, 0.29) is 5.69 Å². The number of methoxy groups -OCH3 is 1. The molecule has 0 saturated carbocycles. The van der Waals surface area contributed by atoms with Gasteiger partial charge in [0, 0.05) is 49.4 Å². The summed E-state index contributed by atoms with van der Waals surface area (Å²) in [5.41, 5.74) is 0.711. The fraction of sp³-hybridized carbons (Fsp3) is 0.348. The van der Waals surface area contributed by atoms with E-state index in [4.69, 9.17) is 18.9 Å². The summed E-state index contributed by atoms with van der Waals surface area (Å²) in [4.78, 5) is 17.2. The van der Waals surface area contributed by atoms with E-state index in [0.717, 1.165) is 44.7 Å². The molecule has 0 unspecified atom stereocenters. The lowest BCUT2D eigenvalue weighted by Crippen LogP contribution is -2.37. The highest BCUT2D eigenvalue weighted by atomic mass is 16.6. The van der Waals surface area contributed by atoms with Crippen molar-refractivity contribution < 1.29 is 23.9 Å². The molecule has 32 heavy (non-hydrogen) atoms. The van der Waals surface area contributed by atoms with Gasteiger partial charge in [-0.3, -0.25) is 20.0 Å². The SMILES string of the molecule is COc1cc2c(Oc3ccc([N+](=O)[O-])cc3)ccnc2cc1OCCCN1CCOCC1. The molecule has 0 bridgehead atoms. The van der Waals surface area contributed by atoms with E-state index in [2.05, 4.69) is 9.88 Å². The van der Waals surface area contributed by atoms with E-state index in [1.54, 1.807) is 31.5 Å².